The van der Waals surface area contributed by atoms with E-state index < -0.39 is 12.1 Å². The number of carbonyl (C=O) groups excluding carboxylic acids is 1. The number of hydrogen-bond acceptors (Lipinski definition) is 6. The van der Waals surface area contributed by atoms with Crippen LogP contribution in [0.3, 0.4) is 0 Å². The van der Waals surface area contributed by atoms with Crippen LogP contribution in [0.1, 0.15) is 39.9 Å². The van der Waals surface area contributed by atoms with Crippen LogP contribution in [0.15, 0.2) is 42.7 Å². The Morgan fingerprint density at radius 3 is 2.69 bits per heavy atom. The van der Waals surface area contributed by atoms with E-state index >= 15 is 0 Å². The highest BCUT2D eigenvalue weighted by atomic mass is 19.4. The fourth-order valence-corrected chi connectivity index (χ4v) is 3.90. The third-order valence-corrected chi connectivity index (χ3v) is 5.80. The van der Waals surface area contributed by atoms with Gasteiger partial charge in [0.2, 0.25) is 0 Å². The van der Waals surface area contributed by atoms with Crippen molar-refractivity contribution in [1.82, 2.24) is 9.88 Å². The number of aromatic nitrogens is 1. The van der Waals surface area contributed by atoms with Crippen LogP contribution in [-0.4, -0.2) is 64.4 Å². The molecule has 2 aromatic rings. The van der Waals surface area contributed by atoms with Crippen LogP contribution in [-0.2, 0) is 20.9 Å². The summed E-state index contributed by atoms with van der Waals surface area (Å²) in [7, 11) is 0. The molecule has 2 fully saturated rings. The molecule has 1 unspecified atom stereocenters. The van der Waals surface area contributed by atoms with Gasteiger partial charge in [0.05, 0.1) is 37.4 Å². The minimum absolute atomic E-state index is 0.0552. The molecular formula is C24H24F3N3O5. The third kappa shape index (κ3) is 6.77. The van der Waals surface area contributed by atoms with E-state index in [-0.39, 0.29) is 17.6 Å². The number of halogens is 3. The van der Waals surface area contributed by atoms with Crippen LogP contribution in [0.25, 0.3) is 0 Å². The molecular weight excluding hydrogens is 467 g/mol. The van der Waals surface area contributed by atoms with Gasteiger partial charge in [0.25, 0.3) is 5.91 Å². The topological polar surface area (TPSA) is 113 Å². The number of hydrogen-bond donors (Lipinski definition) is 1. The van der Waals surface area contributed by atoms with Crippen molar-refractivity contribution in [3.8, 4) is 6.07 Å². The Labute approximate surface area is 199 Å². The van der Waals surface area contributed by atoms with Crippen LogP contribution >= 0.6 is 0 Å². The quantitative estimate of drug-likeness (QED) is 0.697. The first-order valence-corrected chi connectivity index (χ1v) is 10.8. The van der Waals surface area contributed by atoms with Crippen molar-refractivity contribution in [1.29, 1.82) is 5.26 Å². The minimum Gasteiger partial charge on any atom is -0.475 e. The Balaban J connectivity index is 0.000000429. The lowest BCUT2D eigenvalue weighted by atomic mass is 9.84. The van der Waals surface area contributed by atoms with E-state index in [1.807, 2.05) is 12.3 Å². The molecule has 4 rings (SSSR count). The maximum Gasteiger partial charge on any atom is 0.490 e. The Bertz CT molecular complexity index is 1110. The molecule has 1 atom stereocenters. The Hall–Kier alpha value is -3.49. The maximum absolute atomic E-state index is 12.7. The number of amides is 1. The first-order chi connectivity index (χ1) is 16.5. The number of nitrogens with zero attached hydrogens (tertiary/aromatic N) is 3. The van der Waals surface area contributed by atoms with Gasteiger partial charge in [-0.1, -0.05) is 6.07 Å². The Morgan fingerprint density at radius 2 is 2.06 bits per heavy atom. The van der Waals surface area contributed by atoms with Gasteiger partial charge in [0, 0.05) is 31.0 Å². The van der Waals surface area contributed by atoms with E-state index in [2.05, 4.69) is 18.0 Å². The molecule has 0 saturated carbocycles. The highest BCUT2D eigenvalue weighted by Gasteiger charge is 2.49. The predicted octanol–water partition coefficient (Wildman–Crippen LogP) is 3.49. The molecule has 1 aromatic heterocycles. The van der Waals surface area contributed by atoms with Crippen molar-refractivity contribution in [2.24, 2.45) is 0 Å². The molecule has 0 bridgehead atoms. The van der Waals surface area contributed by atoms with E-state index in [9.17, 15) is 18.0 Å². The van der Waals surface area contributed by atoms with Gasteiger partial charge in [0.15, 0.2) is 0 Å². The van der Waals surface area contributed by atoms with Crippen LogP contribution < -0.4 is 0 Å². The highest BCUT2D eigenvalue weighted by Crippen LogP contribution is 2.36. The molecule has 8 nitrogen and oxygen atoms in total. The summed E-state index contributed by atoms with van der Waals surface area (Å²) in [5.41, 5.74) is 3.01. The van der Waals surface area contributed by atoms with Crippen LogP contribution in [0.4, 0.5) is 13.2 Å². The van der Waals surface area contributed by atoms with Crippen molar-refractivity contribution in [2.75, 3.05) is 19.7 Å². The van der Waals surface area contributed by atoms with Crippen molar-refractivity contribution < 1.29 is 37.3 Å². The summed E-state index contributed by atoms with van der Waals surface area (Å²) >= 11 is 0. The molecule has 2 aliphatic rings. The molecule has 1 spiro atoms. The normalized spacial score (nSPS) is 18.6. The molecule has 11 heteroatoms. The summed E-state index contributed by atoms with van der Waals surface area (Å²) in [5, 5.41) is 16.1. The standard InChI is InChI=1S/C22H23N3O3.C2HF3O2/c1-16-5-7-24-12-19(16)13-27-20-6-8-28-22(10-20)14-25(15-22)21(26)18-4-2-3-17(9-18)11-23;3-2(4,5)1(6)7/h2-5,7,9,12,20H,6,8,10,13-15H2,1H3;(H,6,7). The minimum atomic E-state index is -5.08. The SMILES string of the molecule is Cc1ccncc1COC1CCOC2(C1)CN(C(=O)c1cccc(C#N)c1)C2.O=C(O)C(F)(F)F. The zero-order chi connectivity index (χ0) is 25.6. The van der Waals surface area contributed by atoms with Gasteiger partial charge < -0.3 is 19.5 Å². The summed E-state index contributed by atoms with van der Waals surface area (Å²) in [4.78, 5) is 27.5. The largest absolute Gasteiger partial charge is 0.490 e. The van der Waals surface area contributed by atoms with E-state index in [4.69, 9.17) is 24.6 Å². The molecule has 1 N–H and O–H groups in total. The van der Waals surface area contributed by atoms with E-state index in [1.165, 1.54) is 5.56 Å². The van der Waals surface area contributed by atoms with Crippen LogP contribution in [0.2, 0.25) is 0 Å². The predicted molar refractivity (Wildman–Crippen MR) is 116 cm³/mol. The number of benzene rings is 1. The van der Waals surface area contributed by atoms with Crippen molar-refractivity contribution in [3.05, 3.63) is 65.0 Å². The van der Waals surface area contributed by atoms with Crippen molar-refractivity contribution in [2.45, 2.75) is 44.3 Å². The van der Waals surface area contributed by atoms with E-state index in [0.717, 1.165) is 18.4 Å². The lowest BCUT2D eigenvalue weighted by Gasteiger charge is -2.53. The van der Waals surface area contributed by atoms with Crippen LogP contribution in [0, 0.1) is 18.3 Å². The molecule has 1 amide bonds. The van der Waals surface area contributed by atoms with Crippen molar-refractivity contribution >= 4 is 11.9 Å². The van der Waals surface area contributed by atoms with Gasteiger partial charge in [-0.3, -0.25) is 9.78 Å². The lowest BCUT2D eigenvalue weighted by Crippen LogP contribution is -2.67. The lowest BCUT2D eigenvalue weighted by molar-refractivity contribution is -0.192. The monoisotopic (exact) mass is 491 g/mol. The molecule has 35 heavy (non-hydrogen) atoms. The Morgan fingerprint density at radius 1 is 1.34 bits per heavy atom. The Kier molecular flexibility index (Phi) is 8.09. The fourth-order valence-electron chi connectivity index (χ4n) is 3.90. The number of pyridine rings is 1. The van der Waals surface area contributed by atoms with Gasteiger partial charge in [-0.05, 0) is 48.7 Å². The van der Waals surface area contributed by atoms with Crippen molar-refractivity contribution in [3.63, 3.8) is 0 Å². The number of likely N-dealkylation sites (tertiary alicyclic amines) is 1. The number of rotatable bonds is 4. The van der Waals surface area contributed by atoms with Crippen LogP contribution in [0.5, 0.6) is 0 Å². The second-order valence-corrected chi connectivity index (χ2v) is 8.42. The highest BCUT2D eigenvalue weighted by molar-refractivity contribution is 5.95. The number of carboxylic acid groups (broad SMARTS) is 1. The molecule has 186 valence electrons. The first-order valence-electron chi connectivity index (χ1n) is 10.8. The van der Waals surface area contributed by atoms with Gasteiger partial charge >= 0.3 is 12.1 Å². The first kappa shape index (κ1) is 26.1. The average molecular weight is 491 g/mol. The number of nitriles is 1. The molecule has 2 saturated heterocycles. The summed E-state index contributed by atoms with van der Waals surface area (Å²) in [6.45, 7) is 4.37. The molecule has 0 aliphatic carbocycles. The number of carboxylic acids is 1. The zero-order valence-corrected chi connectivity index (χ0v) is 18.9. The second kappa shape index (κ2) is 10.8. The number of ether oxygens (including phenoxy) is 2. The number of aliphatic carboxylic acids is 1. The second-order valence-electron chi connectivity index (χ2n) is 8.42. The molecule has 1 aromatic carbocycles. The van der Waals surface area contributed by atoms with Gasteiger partial charge in [-0.15, -0.1) is 0 Å². The fraction of sp³-hybridized carbons (Fsp3) is 0.417. The summed E-state index contributed by atoms with van der Waals surface area (Å²) in [5.74, 6) is -2.81. The molecule has 3 heterocycles. The van der Waals surface area contributed by atoms with Gasteiger partial charge in [-0.2, -0.15) is 18.4 Å². The number of alkyl halides is 3. The third-order valence-electron chi connectivity index (χ3n) is 5.80. The summed E-state index contributed by atoms with van der Waals surface area (Å²) in [6.07, 6.45) is 0.318. The summed E-state index contributed by atoms with van der Waals surface area (Å²) in [6, 6.07) is 10.9. The number of carbonyl (C=O) groups is 2. The number of aryl methyl sites for hydroxylation is 1. The zero-order valence-electron chi connectivity index (χ0n) is 18.9. The molecule has 0 radical (unpaired) electrons. The van der Waals surface area contributed by atoms with E-state index in [1.54, 1.807) is 35.4 Å². The van der Waals surface area contributed by atoms with Gasteiger partial charge in [0.1, 0.15) is 5.60 Å². The summed E-state index contributed by atoms with van der Waals surface area (Å²) < 4.78 is 43.9. The van der Waals surface area contributed by atoms with Gasteiger partial charge in [-0.25, -0.2) is 4.79 Å². The molecule has 2 aliphatic heterocycles. The maximum atomic E-state index is 12.7. The van der Waals surface area contributed by atoms with E-state index in [0.29, 0.717) is 37.4 Å². The average Bonchev–Trinajstić information content (AvgIpc) is 2.81. The smallest absolute Gasteiger partial charge is 0.475 e.